The van der Waals surface area contributed by atoms with Crippen molar-refractivity contribution < 1.29 is 14.3 Å². The van der Waals surface area contributed by atoms with Crippen LogP contribution >= 0.6 is 34.4 Å². The Morgan fingerprint density at radius 2 is 2.03 bits per heavy atom. The second-order valence-corrected chi connectivity index (χ2v) is 8.96. The number of rotatable bonds is 7. The van der Waals surface area contributed by atoms with Gasteiger partial charge in [-0.3, -0.25) is 4.79 Å². The SMILES string of the molecule is CCn1c(SCC(=O)Nc2sccc2C(=O)OC)nnc1-c1csc2ccccc12. The summed E-state index contributed by atoms with van der Waals surface area (Å²) in [5.41, 5.74) is 1.40. The maximum Gasteiger partial charge on any atom is 0.340 e. The van der Waals surface area contributed by atoms with E-state index in [0.717, 1.165) is 16.8 Å². The van der Waals surface area contributed by atoms with Gasteiger partial charge < -0.3 is 14.6 Å². The van der Waals surface area contributed by atoms with E-state index in [2.05, 4.69) is 33.0 Å². The highest BCUT2D eigenvalue weighted by atomic mass is 32.2. The molecule has 1 aromatic carbocycles. The molecule has 7 nitrogen and oxygen atoms in total. The first-order chi connectivity index (χ1) is 14.6. The van der Waals surface area contributed by atoms with Crippen LogP contribution in [0, 0.1) is 0 Å². The minimum absolute atomic E-state index is 0.154. The monoisotopic (exact) mass is 458 g/mol. The maximum absolute atomic E-state index is 12.4. The highest BCUT2D eigenvalue weighted by Gasteiger charge is 2.19. The summed E-state index contributed by atoms with van der Waals surface area (Å²) in [6, 6.07) is 9.83. The average molecular weight is 459 g/mol. The van der Waals surface area contributed by atoms with Gasteiger partial charge in [0.1, 0.15) is 5.00 Å². The van der Waals surface area contributed by atoms with Gasteiger partial charge in [-0.1, -0.05) is 30.0 Å². The van der Waals surface area contributed by atoms with Crippen molar-refractivity contribution in [3.05, 3.63) is 46.7 Å². The van der Waals surface area contributed by atoms with E-state index in [1.165, 1.54) is 34.9 Å². The first kappa shape index (κ1) is 20.6. The number of methoxy groups -OCH3 is 1. The fourth-order valence-electron chi connectivity index (χ4n) is 3.00. The zero-order valence-corrected chi connectivity index (χ0v) is 18.7. The summed E-state index contributed by atoms with van der Waals surface area (Å²) in [5, 5.41) is 17.6. The maximum atomic E-state index is 12.4. The molecule has 0 aliphatic heterocycles. The van der Waals surface area contributed by atoms with E-state index in [1.807, 2.05) is 23.6 Å². The third kappa shape index (κ3) is 3.98. The van der Waals surface area contributed by atoms with Crippen molar-refractivity contribution in [2.45, 2.75) is 18.6 Å². The molecule has 0 radical (unpaired) electrons. The molecule has 0 unspecified atom stereocenters. The van der Waals surface area contributed by atoms with E-state index in [0.29, 0.717) is 22.3 Å². The highest BCUT2D eigenvalue weighted by Crippen LogP contribution is 2.34. The smallest absolute Gasteiger partial charge is 0.340 e. The Kier molecular flexibility index (Phi) is 6.16. The van der Waals surface area contributed by atoms with Crippen LogP contribution < -0.4 is 5.32 Å². The van der Waals surface area contributed by atoms with Crippen molar-refractivity contribution in [3.8, 4) is 11.4 Å². The molecule has 4 rings (SSSR count). The number of hydrogen-bond acceptors (Lipinski definition) is 8. The number of aromatic nitrogens is 3. The second-order valence-electron chi connectivity index (χ2n) is 6.19. The summed E-state index contributed by atoms with van der Waals surface area (Å²) in [4.78, 5) is 24.2. The van der Waals surface area contributed by atoms with Gasteiger partial charge in [0.25, 0.3) is 0 Å². The molecule has 0 saturated carbocycles. The van der Waals surface area contributed by atoms with Gasteiger partial charge in [-0.05, 0) is 24.4 Å². The van der Waals surface area contributed by atoms with Gasteiger partial charge in [0.2, 0.25) is 5.91 Å². The van der Waals surface area contributed by atoms with Gasteiger partial charge in [0.15, 0.2) is 11.0 Å². The number of thiophene rings is 2. The fraction of sp³-hybridized carbons (Fsp3) is 0.200. The second kappa shape index (κ2) is 8.99. The van der Waals surface area contributed by atoms with Crippen LogP contribution in [0.4, 0.5) is 5.00 Å². The van der Waals surface area contributed by atoms with Crippen molar-refractivity contribution in [2.75, 3.05) is 18.2 Å². The summed E-state index contributed by atoms with van der Waals surface area (Å²) >= 11 is 4.27. The Morgan fingerprint density at radius 3 is 2.83 bits per heavy atom. The summed E-state index contributed by atoms with van der Waals surface area (Å²) in [6.07, 6.45) is 0. The number of hydrogen-bond donors (Lipinski definition) is 1. The van der Waals surface area contributed by atoms with Crippen LogP contribution in [-0.4, -0.2) is 39.5 Å². The van der Waals surface area contributed by atoms with Crippen LogP contribution in [0.1, 0.15) is 17.3 Å². The summed E-state index contributed by atoms with van der Waals surface area (Å²) in [5.74, 6) is 0.253. The Balaban J connectivity index is 1.49. The largest absolute Gasteiger partial charge is 0.465 e. The third-order valence-corrected chi connectivity index (χ3v) is 7.17. The van der Waals surface area contributed by atoms with E-state index in [1.54, 1.807) is 22.8 Å². The van der Waals surface area contributed by atoms with Crippen molar-refractivity contribution >= 4 is 61.4 Å². The summed E-state index contributed by atoms with van der Waals surface area (Å²) < 4.78 is 7.95. The first-order valence-corrected chi connectivity index (χ1v) is 11.8. The van der Waals surface area contributed by atoms with Crippen LogP contribution in [0.25, 0.3) is 21.5 Å². The van der Waals surface area contributed by atoms with E-state index < -0.39 is 5.97 Å². The van der Waals surface area contributed by atoms with Gasteiger partial charge in [-0.2, -0.15) is 0 Å². The first-order valence-electron chi connectivity index (χ1n) is 9.10. The fourth-order valence-corrected chi connectivity index (χ4v) is 5.53. The zero-order chi connectivity index (χ0) is 21.1. The highest BCUT2D eigenvalue weighted by molar-refractivity contribution is 7.99. The summed E-state index contributed by atoms with van der Waals surface area (Å²) in [6.45, 7) is 2.72. The molecule has 4 aromatic rings. The third-order valence-electron chi connectivity index (χ3n) is 4.41. The van der Waals surface area contributed by atoms with E-state index in [4.69, 9.17) is 4.74 Å². The number of anilines is 1. The van der Waals surface area contributed by atoms with Gasteiger partial charge in [-0.25, -0.2) is 4.79 Å². The molecule has 3 heterocycles. The molecule has 0 aliphatic carbocycles. The molecule has 0 bridgehead atoms. The van der Waals surface area contributed by atoms with Crippen molar-refractivity contribution in [1.82, 2.24) is 14.8 Å². The number of carbonyl (C=O) groups is 2. The number of carbonyl (C=O) groups excluding carboxylic acids is 2. The van der Waals surface area contributed by atoms with E-state index >= 15 is 0 Å². The molecule has 0 aliphatic rings. The molecule has 3 aromatic heterocycles. The Bertz CT molecular complexity index is 1210. The number of thioether (sulfide) groups is 1. The van der Waals surface area contributed by atoms with E-state index in [9.17, 15) is 9.59 Å². The minimum Gasteiger partial charge on any atom is -0.465 e. The zero-order valence-electron chi connectivity index (χ0n) is 16.2. The molecular weight excluding hydrogens is 440 g/mol. The van der Waals surface area contributed by atoms with Crippen molar-refractivity contribution in [3.63, 3.8) is 0 Å². The van der Waals surface area contributed by atoms with Gasteiger partial charge in [-0.15, -0.1) is 32.9 Å². The minimum atomic E-state index is -0.474. The Morgan fingerprint density at radius 1 is 1.20 bits per heavy atom. The normalized spacial score (nSPS) is 11.0. The van der Waals surface area contributed by atoms with Gasteiger partial charge in [0.05, 0.1) is 18.4 Å². The lowest BCUT2D eigenvalue weighted by atomic mass is 10.1. The lowest BCUT2D eigenvalue weighted by molar-refractivity contribution is -0.113. The molecule has 0 saturated heterocycles. The van der Waals surface area contributed by atoms with E-state index in [-0.39, 0.29) is 11.7 Å². The predicted octanol–water partition coefficient (Wildman–Crippen LogP) is 4.76. The molecule has 1 N–H and O–H groups in total. The standard InChI is InChI=1S/C20H18N4O3S3/c1-3-24-17(14-10-29-15-7-5-4-6-12(14)15)22-23-20(24)30-11-16(25)21-18-13(8-9-28-18)19(26)27-2/h4-10H,3,11H2,1-2H3,(H,21,25). The number of esters is 1. The number of nitrogens with zero attached hydrogens (tertiary/aromatic N) is 3. The van der Waals surface area contributed by atoms with Gasteiger partial charge in [0, 0.05) is 27.6 Å². The molecule has 154 valence electrons. The molecule has 0 fully saturated rings. The Labute approximate surface area is 185 Å². The number of ether oxygens (including phenoxy) is 1. The van der Waals surface area contributed by atoms with Crippen LogP contribution in [0.5, 0.6) is 0 Å². The molecule has 1 amide bonds. The predicted molar refractivity (Wildman–Crippen MR) is 122 cm³/mol. The molecule has 0 spiro atoms. The lowest BCUT2D eigenvalue weighted by Crippen LogP contribution is -2.16. The molecular formula is C20H18N4O3S3. The number of amides is 1. The molecule has 30 heavy (non-hydrogen) atoms. The van der Waals surface area contributed by atoms with Crippen molar-refractivity contribution in [1.29, 1.82) is 0 Å². The molecule has 0 atom stereocenters. The van der Waals surface area contributed by atoms with Gasteiger partial charge >= 0.3 is 5.97 Å². The quantitative estimate of drug-likeness (QED) is 0.317. The van der Waals surface area contributed by atoms with Crippen LogP contribution in [0.2, 0.25) is 0 Å². The lowest BCUT2D eigenvalue weighted by Gasteiger charge is -2.07. The van der Waals surface area contributed by atoms with Crippen LogP contribution in [-0.2, 0) is 16.1 Å². The molecule has 10 heteroatoms. The number of fused-ring (bicyclic) bond motifs is 1. The number of nitrogens with one attached hydrogen (secondary N) is 1. The van der Waals surface area contributed by atoms with Crippen LogP contribution in [0.15, 0.2) is 46.2 Å². The van der Waals surface area contributed by atoms with Crippen molar-refractivity contribution in [2.24, 2.45) is 0 Å². The average Bonchev–Trinajstić information content (AvgIpc) is 3.49. The number of benzene rings is 1. The summed E-state index contributed by atoms with van der Waals surface area (Å²) in [7, 11) is 1.31. The topological polar surface area (TPSA) is 86.1 Å². The van der Waals surface area contributed by atoms with Crippen LogP contribution in [0.3, 0.4) is 0 Å². The Hall–Kier alpha value is -2.69.